The number of piperidine rings is 1. The molecule has 0 spiro atoms. The maximum absolute atomic E-state index is 11.2. The van der Waals surface area contributed by atoms with Gasteiger partial charge in [0.05, 0.1) is 10.6 Å². The number of carboxylic acid groups (broad SMARTS) is 1. The van der Waals surface area contributed by atoms with E-state index < -0.39 is 5.97 Å². The van der Waals surface area contributed by atoms with Crippen LogP contribution >= 0.6 is 11.6 Å². The van der Waals surface area contributed by atoms with E-state index in [2.05, 4.69) is 9.88 Å². The first-order valence-electron chi connectivity index (χ1n) is 7.33. The van der Waals surface area contributed by atoms with Gasteiger partial charge in [-0.15, -0.1) is 0 Å². The van der Waals surface area contributed by atoms with Crippen molar-refractivity contribution in [1.82, 2.24) is 4.98 Å². The number of carboxylic acids is 1. The molecule has 2 atom stereocenters. The number of pyridine rings is 1. The number of aromatic carboxylic acids is 1. The van der Waals surface area contributed by atoms with Crippen LogP contribution in [0.5, 0.6) is 0 Å². The second-order valence-corrected chi connectivity index (χ2v) is 6.13. The third kappa shape index (κ3) is 2.37. The summed E-state index contributed by atoms with van der Waals surface area (Å²) in [5.74, 6) is 0.378. The molecule has 1 aliphatic carbocycles. The number of carbonyl (C=O) groups is 1. The van der Waals surface area contributed by atoms with Crippen molar-refractivity contribution in [3.05, 3.63) is 22.8 Å². The fourth-order valence-electron chi connectivity index (χ4n) is 3.69. The number of anilines is 1. The molecule has 0 amide bonds. The predicted octanol–water partition coefficient (Wildman–Crippen LogP) is 3.59. The number of rotatable bonds is 2. The highest BCUT2D eigenvalue weighted by Gasteiger charge is 2.35. The van der Waals surface area contributed by atoms with E-state index in [0.29, 0.717) is 17.8 Å². The van der Waals surface area contributed by atoms with Gasteiger partial charge in [-0.2, -0.15) is 0 Å². The highest BCUT2D eigenvalue weighted by atomic mass is 35.5. The van der Waals surface area contributed by atoms with Gasteiger partial charge in [0.2, 0.25) is 0 Å². The van der Waals surface area contributed by atoms with E-state index in [4.69, 9.17) is 11.6 Å². The number of aromatic nitrogens is 1. The zero-order valence-corrected chi connectivity index (χ0v) is 12.1. The molecule has 1 saturated carbocycles. The highest BCUT2D eigenvalue weighted by molar-refractivity contribution is 6.35. The second kappa shape index (κ2) is 5.60. The minimum atomic E-state index is -0.990. The topological polar surface area (TPSA) is 53.4 Å². The standard InChI is InChI=1S/C15H19ClN2O2/c16-13-11(15(19)20)7-8-17-14(13)18-9-3-5-10-4-1-2-6-12(10)18/h7-8,10,12H,1-6,9H2,(H,19,20)/t10-,12-/m1/s1. The molecule has 2 aliphatic rings. The van der Waals surface area contributed by atoms with Crippen molar-refractivity contribution >= 4 is 23.4 Å². The van der Waals surface area contributed by atoms with Crippen molar-refractivity contribution in [2.24, 2.45) is 5.92 Å². The Balaban J connectivity index is 1.95. The highest BCUT2D eigenvalue weighted by Crippen LogP contribution is 2.39. The average Bonchev–Trinajstić information content (AvgIpc) is 2.47. The lowest BCUT2D eigenvalue weighted by atomic mass is 9.78. The molecule has 108 valence electrons. The molecule has 1 saturated heterocycles. The molecule has 0 unspecified atom stereocenters. The van der Waals surface area contributed by atoms with Crippen LogP contribution in [0.4, 0.5) is 5.82 Å². The summed E-state index contributed by atoms with van der Waals surface area (Å²) >= 11 is 6.28. The Bertz CT molecular complexity index is 519. The summed E-state index contributed by atoms with van der Waals surface area (Å²) in [6.07, 6.45) is 8.96. The van der Waals surface area contributed by atoms with E-state index in [0.717, 1.165) is 13.0 Å². The van der Waals surface area contributed by atoms with E-state index in [1.165, 1.54) is 38.2 Å². The summed E-state index contributed by atoms with van der Waals surface area (Å²) in [7, 11) is 0. The lowest BCUT2D eigenvalue weighted by Gasteiger charge is -2.45. The van der Waals surface area contributed by atoms with E-state index in [9.17, 15) is 9.90 Å². The van der Waals surface area contributed by atoms with Crippen LogP contribution in [-0.4, -0.2) is 28.6 Å². The number of fused-ring (bicyclic) bond motifs is 1. The molecular weight excluding hydrogens is 276 g/mol. The van der Waals surface area contributed by atoms with Gasteiger partial charge >= 0.3 is 5.97 Å². The molecule has 0 radical (unpaired) electrons. The van der Waals surface area contributed by atoms with Gasteiger partial charge in [-0.25, -0.2) is 9.78 Å². The fourth-order valence-corrected chi connectivity index (χ4v) is 3.99. The number of hydrogen-bond donors (Lipinski definition) is 1. The molecule has 0 bridgehead atoms. The maximum Gasteiger partial charge on any atom is 0.337 e. The Morgan fingerprint density at radius 3 is 2.85 bits per heavy atom. The van der Waals surface area contributed by atoms with Gasteiger partial charge in [-0.1, -0.05) is 24.4 Å². The SMILES string of the molecule is O=C(O)c1ccnc(N2CCC[C@H]3CCCC[C@H]32)c1Cl. The van der Waals surface area contributed by atoms with Crippen LogP contribution in [0, 0.1) is 5.92 Å². The van der Waals surface area contributed by atoms with Crippen molar-refractivity contribution in [3.8, 4) is 0 Å². The van der Waals surface area contributed by atoms with E-state index in [1.807, 2.05) is 0 Å². The number of hydrogen-bond acceptors (Lipinski definition) is 3. The molecule has 2 heterocycles. The monoisotopic (exact) mass is 294 g/mol. The Kier molecular flexibility index (Phi) is 3.83. The fraction of sp³-hybridized carbons (Fsp3) is 0.600. The molecule has 4 nitrogen and oxygen atoms in total. The van der Waals surface area contributed by atoms with Crippen molar-refractivity contribution in [2.45, 2.75) is 44.6 Å². The van der Waals surface area contributed by atoms with Gasteiger partial charge in [0.25, 0.3) is 0 Å². The molecule has 1 aromatic heterocycles. The Hall–Kier alpha value is -1.29. The van der Waals surface area contributed by atoms with Gasteiger partial charge in [-0.3, -0.25) is 0 Å². The normalized spacial score (nSPS) is 26.1. The molecule has 0 aromatic carbocycles. The summed E-state index contributed by atoms with van der Waals surface area (Å²) in [4.78, 5) is 17.8. The van der Waals surface area contributed by atoms with Crippen molar-refractivity contribution in [3.63, 3.8) is 0 Å². The largest absolute Gasteiger partial charge is 0.478 e. The summed E-state index contributed by atoms with van der Waals surface area (Å²) < 4.78 is 0. The van der Waals surface area contributed by atoms with Crippen LogP contribution in [0.15, 0.2) is 12.3 Å². The third-order valence-corrected chi connectivity index (χ3v) is 4.99. The zero-order chi connectivity index (χ0) is 14.1. The number of halogens is 1. The summed E-state index contributed by atoms with van der Waals surface area (Å²) in [5.41, 5.74) is 0.148. The van der Waals surface area contributed by atoms with E-state index in [1.54, 1.807) is 6.20 Å². The minimum absolute atomic E-state index is 0.148. The average molecular weight is 295 g/mol. The molecule has 20 heavy (non-hydrogen) atoms. The van der Waals surface area contributed by atoms with Crippen LogP contribution in [0.3, 0.4) is 0 Å². The first-order chi connectivity index (χ1) is 9.68. The van der Waals surface area contributed by atoms with Crippen LogP contribution in [0.2, 0.25) is 5.02 Å². The van der Waals surface area contributed by atoms with Gasteiger partial charge in [0, 0.05) is 18.8 Å². The Morgan fingerprint density at radius 1 is 1.30 bits per heavy atom. The zero-order valence-electron chi connectivity index (χ0n) is 11.4. The molecule has 3 rings (SSSR count). The van der Waals surface area contributed by atoms with E-state index >= 15 is 0 Å². The van der Waals surface area contributed by atoms with Crippen LogP contribution in [-0.2, 0) is 0 Å². The first-order valence-corrected chi connectivity index (χ1v) is 7.70. The predicted molar refractivity (Wildman–Crippen MR) is 78.5 cm³/mol. The summed E-state index contributed by atoms with van der Waals surface area (Å²) in [6.45, 7) is 0.928. The van der Waals surface area contributed by atoms with Gasteiger partial charge in [0.15, 0.2) is 0 Å². The quantitative estimate of drug-likeness (QED) is 0.905. The minimum Gasteiger partial charge on any atom is -0.478 e. The molecule has 1 aromatic rings. The Labute approximate surface area is 123 Å². The van der Waals surface area contributed by atoms with Crippen LogP contribution in [0.25, 0.3) is 0 Å². The Morgan fingerprint density at radius 2 is 2.05 bits per heavy atom. The first kappa shape index (κ1) is 13.7. The summed E-state index contributed by atoms with van der Waals surface area (Å²) in [5, 5.41) is 9.47. The van der Waals surface area contributed by atoms with Gasteiger partial charge in [0.1, 0.15) is 5.82 Å². The molecular formula is C15H19ClN2O2. The maximum atomic E-state index is 11.2. The van der Waals surface area contributed by atoms with Crippen molar-refractivity contribution in [2.75, 3.05) is 11.4 Å². The molecule has 1 aliphatic heterocycles. The van der Waals surface area contributed by atoms with Crippen molar-refractivity contribution in [1.29, 1.82) is 0 Å². The lowest BCUT2D eigenvalue weighted by Crippen LogP contribution is -2.47. The van der Waals surface area contributed by atoms with Crippen LogP contribution < -0.4 is 4.90 Å². The van der Waals surface area contributed by atoms with Crippen LogP contribution in [0.1, 0.15) is 48.9 Å². The molecule has 2 fully saturated rings. The molecule has 5 heteroatoms. The lowest BCUT2D eigenvalue weighted by molar-refractivity contribution is 0.0697. The molecule has 1 N–H and O–H groups in total. The third-order valence-electron chi connectivity index (χ3n) is 4.62. The summed E-state index contributed by atoms with van der Waals surface area (Å²) in [6, 6.07) is 1.95. The van der Waals surface area contributed by atoms with Gasteiger partial charge in [-0.05, 0) is 37.7 Å². The smallest absolute Gasteiger partial charge is 0.337 e. The number of nitrogens with zero attached hydrogens (tertiary/aromatic N) is 2. The van der Waals surface area contributed by atoms with Gasteiger partial charge < -0.3 is 10.0 Å². The van der Waals surface area contributed by atoms with Crippen molar-refractivity contribution < 1.29 is 9.90 Å². The van der Waals surface area contributed by atoms with E-state index in [-0.39, 0.29) is 10.6 Å². The second-order valence-electron chi connectivity index (χ2n) is 5.75.